The summed E-state index contributed by atoms with van der Waals surface area (Å²) >= 11 is 20.0. The molecular formula is C22H19Cl3N2O2S. The predicted molar refractivity (Wildman–Crippen MR) is 125 cm³/mol. The average molecular weight is 482 g/mol. The Hall–Kier alpha value is -1.60. The van der Waals surface area contributed by atoms with Gasteiger partial charge < -0.3 is 4.74 Å². The van der Waals surface area contributed by atoms with Crippen molar-refractivity contribution in [3.8, 4) is 0 Å². The quantitative estimate of drug-likeness (QED) is 0.416. The van der Waals surface area contributed by atoms with Crippen molar-refractivity contribution in [2.75, 3.05) is 31.2 Å². The van der Waals surface area contributed by atoms with Gasteiger partial charge in [0.05, 0.1) is 18.2 Å². The maximum Gasteiger partial charge on any atom is 0.274 e. The van der Waals surface area contributed by atoms with E-state index in [0.717, 1.165) is 37.7 Å². The molecule has 2 heterocycles. The lowest BCUT2D eigenvalue weighted by Gasteiger charge is -2.25. The normalized spacial score (nSPS) is 14.6. The van der Waals surface area contributed by atoms with E-state index in [1.54, 1.807) is 29.2 Å². The minimum absolute atomic E-state index is 0.192. The molecule has 1 aliphatic rings. The minimum atomic E-state index is -0.192. The number of rotatable bonds is 5. The van der Waals surface area contributed by atoms with Crippen LogP contribution in [0.2, 0.25) is 15.1 Å². The Morgan fingerprint density at radius 3 is 2.00 bits per heavy atom. The Labute approximate surface area is 194 Å². The number of carbonyl (C=O) groups excluding carboxylic acids is 1. The monoisotopic (exact) mass is 480 g/mol. The van der Waals surface area contributed by atoms with Crippen LogP contribution in [0.15, 0.2) is 54.6 Å². The van der Waals surface area contributed by atoms with E-state index in [-0.39, 0.29) is 5.91 Å². The van der Waals surface area contributed by atoms with Gasteiger partial charge in [0, 0.05) is 45.9 Å². The molecule has 4 nitrogen and oxygen atoms in total. The van der Waals surface area contributed by atoms with Crippen LogP contribution in [0.25, 0.3) is 0 Å². The molecule has 0 aliphatic carbocycles. The molecule has 0 N–H and O–H groups in total. The lowest BCUT2D eigenvalue weighted by Crippen LogP contribution is -2.35. The Kier molecular flexibility index (Phi) is 6.98. The van der Waals surface area contributed by atoms with Crippen molar-refractivity contribution in [3.05, 3.63) is 79.4 Å². The Balaban J connectivity index is 1.66. The van der Waals surface area contributed by atoms with Crippen LogP contribution in [-0.2, 0) is 11.3 Å². The van der Waals surface area contributed by atoms with Crippen LogP contribution in [-0.4, -0.2) is 37.1 Å². The highest BCUT2D eigenvalue weighted by Crippen LogP contribution is 2.35. The maximum absolute atomic E-state index is 13.6. The molecule has 1 aromatic heterocycles. The van der Waals surface area contributed by atoms with E-state index in [9.17, 15) is 4.79 Å². The van der Waals surface area contributed by atoms with Crippen molar-refractivity contribution in [1.82, 2.24) is 4.90 Å². The highest BCUT2D eigenvalue weighted by molar-refractivity contribution is 7.14. The van der Waals surface area contributed by atoms with Crippen molar-refractivity contribution in [1.29, 1.82) is 0 Å². The molecule has 0 radical (unpaired) electrons. The molecule has 8 heteroatoms. The number of carbonyl (C=O) groups is 1. The number of anilines is 2. The number of halogens is 3. The van der Waals surface area contributed by atoms with Crippen molar-refractivity contribution < 1.29 is 9.53 Å². The van der Waals surface area contributed by atoms with Gasteiger partial charge in [-0.2, -0.15) is 0 Å². The van der Waals surface area contributed by atoms with Gasteiger partial charge in [-0.1, -0.05) is 34.8 Å². The van der Waals surface area contributed by atoms with Gasteiger partial charge in [-0.15, -0.1) is 11.3 Å². The summed E-state index contributed by atoms with van der Waals surface area (Å²) in [6.45, 7) is 3.96. The zero-order valence-electron chi connectivity index (χ0n) is 16.0. The van der Waals surface area contributed by atoms with E-state index in [2.05, 4.69) is 4.90 Å². The van der Waals surface area contributed by atoms with E-state index < -0.39 is 0 Å². The summed E-state index contributed by atoms with van der Waals surface area (Å²) in [5, 5.41) is 1.66. The second-order valence-corrected chi connectivity index (χ2v) is 9.29. The van der Waals surface area contributed by atoms with Gasteiger partial charge in [0.15, 0.2) is 0 Å². The summed E-state index contributed by atoms with van der Waals surface area (Å²) in [4.78, 5) is 19.1. The topological polar surface area (TPSA) is 32.8 Å². The lowest BCUT2D eigenvalue weighted by molar-refractivity contribution is 0.0346. The molecule has 30 heavy (non-hydrogen) atoms. The molecule has 3 aromatic rings. The van der Waals surface area contributed by atoms with E-state index in [1.165, 1.54) is 11.3 Å². The minimum Gasteiger partial charge on any atom is -0.379 e. The number of hydrogen-bond acceptors (Lipinski definition) is 4. The molecule has 156 valence electrons. The second-order valence-electron chi connectivity index (χ2n) is 6.87. The zero-order chi connectivity index (χ0) is 21.1. The largest absolute Gasteiger partial charge is 0.379 e. The number of ether oxygens (including phenoxy) is 1. The van der Waals surface area contributed by atoms with Crippen LogP contribution >= 0.6 is 46.1 Å². The first kappa shape index (κ1) is 21.6. The van der Waals surface area contributed by atoms with E-state index in [4.69, 9.17) is 39.5 Å². The van der Waals surface area contributed by atoms with Crippen LogP contribution in [0, 0.1) is 0 Å². The summed E-state index contributed by atoms with van der Waals surface area (Å²) in [6.07, 6.45) is 0. The SMILES string of the molecule is O=C(c1sc(CN2CCOCC2)cc1Cl)N(c1ccc(Cl)cc1)c1ccc(Cl)cc1. The van der Waals surface area contributed by atoms with Gasteiger partial charge in [-0.25, -0.2) is 0 Å². The van der Waals surface area contributed by atoms with Crippen LogP contribution in [0.5, 0.6) is 0 Å². The smallest absolute Gasteiger partial charge is 0.274 e. The van der Waals surface area contributed by atoms with Crippen molar-refractivity contribution in [2.45, 2.75) is 6.54 Å². The maximum atomic E-state index is 13.6. The van der Waals surface area contributed by atoms with Gasteiger partial charge in [-0.05, 0) is 54.6 Å². The van der Waals surface area contributed by atoms with Gasteiger partial charge in [0.25, 0.3) is 5.91 Å². The van der Waals surface area contributed by atoms with Crippen LogP contribution in [0.3, 0.4) is 0 Å². The molecule has 0 spiro atoms. The molecule has 2 aromatic carbocycles. The number of benzene rings is 2. The summed E-state index contributed by atoms with van der Waals surface area (Å²) < 4.78 is 5.41. The predicted octanol–water partition coefficient (Wildman–Crippen LogP) is 6.52. The van der Waals surface area contributed by atoms with Gasteiger partial charge in [-0.3, -0.25) is 14.6 Å². The Bertz CT molecular complexity index is 970. The van der Waals surface area contributed by atoms with Gasteiger partial charge in [0.1, 0.15) is 4.88 Å². The summed E-state index contributed by atoms with van der Waals surface area (Å²) in [6, 6.07) is 16.2. The molecule has 0 atom stereocenters. The first-order valence-electron chi connectivity index (χ1n) is 9.45. The summed E-state index contributed by atoms with van der Waals surface area (Å²) in [7, 11) is 0. The third-order valence-corrected chi connectivity index (χ3v) is 6.81. The van der Waals surface area contributed by atoms with Crippen molar-refractivity contribution >= 4 is 63.4 Å². The third kappa shape index (κ3) is 4.99. The fraction of sp³-hybridized carbons (Fsp3) is 0.227. The van der Waals surface area contributed by atoms with Crippen molar-refractivity contribution in [2.24, 2.45) is 0 Å². The first-order valence-corrected chi connectivity index (χ1v) is 11.4. The molecule has 4 rings (SSSR count). The number of nitrogens with zero attached hydrogens (tertiary/aromatic N) is 2. The average Bonchev–Trinajstić information content (AvgIpc) is 3.11. The number of morpholine rings is 1. The van der Waals surface area contributed by atoms with Crippen LogP contribution < -0.4 is 4.90 Å². The fourth-order valence-electron chi connectivity index (χ4n) is 3.29. The summed E-state index contributed by atoms with van der Waals surface area (Å²) in [5.41, 5.74) is 1.40. The highest BCUT2D eigenvalue weighted by Gasteiger charge is 2.25. The lowest BCUT2D eigenvalue weighted by atomic mass is 10.2. The molecule has 1 fully saturated rings. The number of amides is 1. The van der Waals surface area contributed by atoms with Gasteiger partial charge >= 0.3 is 0 Å². The Morgan fingerprint density at radius 1 is 0.933 bits per heavy atom. The van der Waals surface area contributed by atoms with Crippen LogP contribution in [0.4, 0.5) is 11.4 Å². The van der Waals surface area contributed by atoms with Crippen LogP contribution in [0.1, 0.15) is 14.5 Å². The molecule has 0 bridgehead atoms. The van der Waals surface area contributed by atoms with Gasteiger partial charge in [0.2, 0.25) is 0 Å². The molecular weight excluding hydrogens is 463 g/mol. The Morgan fingerprint density at radius 2 is 1.47 bits per heavy atom. The number of hydrogen-bond donors (Lipinski definition) is 0. The zero-order valence-corrected chi connectivity index (χ0v) is 19.1. The van der Waals surface area contributed by atoms with E-state index in [1.807, 2.05) is 30.3 Å². The molecule has 1 amide bonds. The molecule has 1 aliphatic heterocycles. The molecule has 0 unspecified atom stereocenters. The number of thiophene rings is 1. The second kappa shape index (κ2) is 9.69. The fourth-order valence-corrected chi connectivity index (χ4v) is 4.95. The van der Waals surface area contributed by atoms with Crippen molar-refractivity contribution in [3.63, 3.8) is 0 Å². The third-order valence-electron chi connectivity index (χ3n) is 4.79. The van der Waals surface area contributed by atoms with E-state index in [0.29, 0.717) is 31.3 Å². The summed E-state index contributed by atoms with van der Waals surface area (Å²) in [5.74, 6) is -0.192. The molecule has 1 saturated heterocycles. The standard InChI is InChI=1S/C22H19Cl3N2O2S/c23-15-1-5-17(6-2-15)27(18-7-3-16(24)4-8-18)22(28)21-20(25)13-19(30-21)14-26-9-11-29-12-10-26/h1-8,13H,9-12,14H2. The first-order chi connectivity index (χ1) is 14.5. The highest BCUT2D eigenvalue weighted by atomic mass is 35.5. The molecule has 0 saturated carbocycles. The van der Waals surface area contributed by atoms with E-state index >= 15 is 0 Å².